The molecule has 0 radical (unpaired) electrons. The Balaban J connectivity index is 1.19. The van der Waals surface area contributed by atoms with Crippen molar-refractivity contribution in [1.29, 1.82) is 0 Å². The lowest BCUT2D eigenvalue weighted by Crippen LogP contribution is -2.48. The highest BCUT2D eigenvalue weighted by Gasteiger charge is 2.31. The van der Waals surface area contributed by atoms with Crippen LogP contribution in [0, 0.1) is 11.6 Å². The Morgan fingerprint density at radius 3 is 2.32 bits per heavy atom. The summed E-state index contributed by atoms with van der Waals surface area (Å²) >= 11 is 0. The molecular weight excluding hydrogens is 507 g/mol. The van der Waals surface area contributed by atoms with Gasteiger partial charge in [0, 0.05) is 43.9 Å². The second-order valence-corrected chi connectivity index (χ2v) is 8.87. The molecule has 38 heavy (non-hydrogen) atoms. The Morgan fingerprint density at radius 2 is 1.61 bits per heavy atom. The molecule has 0 atom stereocenters. The van der Waals surface area contributed by atoms with Crippen LogP contribution in [0.15, 0.2) is 71.3 Å². The average Bonchev–Trinajstić information content (AvgIpc) is 3.41. The summed E-state index contributed by atoms with van der Waals surface area (Å²) in [4.78, 5) is 20.5. The van der Waals surface area contributed by atoms with Crippen LogP contribution in [-0.2, 0) is 12.7 Å². The van der Waals surface area contributed by atoms with Crippen LogP contribution < -0.4 is 0 Å². The molecule has 6 nitrogen and oxygen atoms in total. The molecule has 3 aromatic carbocycles. The van der Waals surface area contributed by atoms with Gasteiger partial charge in [0.1, 0.15) is 0 Å². The van der Waals surface area contributed by atoms with E-state index in [1.165, 1.54) is 29.2 Å². The first-order valence-electron chi connectivity index (χ1n) is 11.8. The maximum Gasteiger partial charge on any atom is 0.416 e. The highest BCUT2D eigenvalue weighted by Crippen LogP contribution is 2.32. The van der Waals surface area contributed by atoms with Crippen LogP contribution in [-0.4, -0.2) is 52.0 Å². The van der Waals surface area contributed by atoms with Crippen LogP contribution >= 0.6 is 0 Å². The minimum atomic E-state index is -4.48. The first-order valence-corrected chi connectivity index (χ1v) is 11.8. The standard InChI is InChI=1S/C27H21F5N4O2/c28-22-6-2-5-21(23(22)29)26(37)36-13-11-35(12-14-36)16-17-7-9-18(10-8-17)24-33-25(38-34-24)19-3-1-4-20(15-19)27(30,31)32/h1-10,15H,11-14,16H2. The lowest BCUT2D eigenvalue weighted by Gasteiger charge is -2.34. The van der Waals surface area contributed by atoms with Gasteiger partial charge in [0.05, 0.1) is 11.1 Å². The predicted molar refractivity (Wildman–Crippen MR) is 128 cm³/mol. The molecule has 0 bridgehead atoms. The van der Waals surface area contributed by atoms with Gasteiger partial charge in [0.15, 0.2) is 11.6 Å². The summed E-state index contributed by atoms with van der Waals surface area (Å²) < 4.78 is 71.6. The molecule has 0 N–H and O–H groups in total. The molecule has 1 saturated heterocycles. The quantitative estimate of drug-likeness (QED) is 0.313. The fourth-order valence-corrected chi connectivity index (χ4v) is 4.25. The number of aromatic nitrogens is 2. The van der Waals surface area contributed by atoms with E-state index in [2.05, 4.69) is 15.0 Å². The summed E-state index contributed by atoms with van der Waals surface area (Å²) in [6.45, 7) is 2.51. The minimum Gasteiger partial charge on any atom is -0.336 e. The Morgan fingerprint density at radius 1 is 0.895 bits per heavy atom. The third kappa shape index (κ3) is 5.42. The van der Waals surface area contributed by atoms with Crippen LogP contribution in [0.4, 0.5) is 22.0 Å². The Bertz CT molecular complexity index is 1440. The highest BCUT2D eigenvalue weighted by molar-refractivity contribution is 5.94. The Kier molecular flexibility index (Phi) is 6.94. The molecule has 1 aliphatic heterocycles. The van der Waals surface area contributed by atoms with Gasteiger partial charge in [0.2, 0.25) is 5.82 Å². The number of rotatable bonds is 5. The normalized spacial score (nSPS) is 14.6. The van der Waals surface area contributed by atoms with Gasteiger partial charge in [-0.3, -0.25) is 9.69 Å². The fraction of sp³-hybridized carbons (Fsp3) is 0.222. The van der Waals surface area contributed by atoms with Crippen molar-refractivity contribution in [3.05, 3.63) is 95.1 Å². The van der Waals surface area contributed by atoms with Gasteiger partial charge in [0.25, 0.3) is 11.8 Å². The molecule has 196 valence electrons. The van der Waals surface area contributed by atoms with Crippen LogP contribution in [0.2, 0.25) is 0 Å². The lowest BCUT2D eigenvalue weighted by atomic mass is 10.1. The van der Waals surface area contributed by atoms with E-state index < -0.39 is 29.3 Å². The number of nitrogens with zero attached hydrogens (tertiary/aromatic N) is 4. The summed E-state index contributed by atoms with van der Waals surface area (Å²) in [6, 6.07) is 15.6. The monoisotopic (exact) mass is 528 g/mol. The number of carbonyl (C=O) groups is 1. The third-order valence-corrected chi connectivity index (χ3v) is 6.32. The summed E-state index contributed by atoms with van der Waals surface area (Å²) in [5.74, 6) is -2.48. The molecule has 0 saturated carbocycles. The van der Waals surface area contributed by atoms with E-state index >= 15 is 0 Å². The Labute approximate surface area is 214 Å². The van der Waals surface area contributed by atoms with Crippen molar-refractivity contribution in [2.24, 2.45) is 0 Å². The van der Waals surface area contributed by atoms with E-state index in [1.54, 1.807) is 12.1 Å². The van der Waals surface area contributed by atoms with Gasteiger partial charge in [-0.25, -0.2) is 8.78 Å². The molecule has 4 aromatic rings. The SMILES string of the molecule is O=C(c1cccc(F)c1F)N1CCN(Cc2ccc(-c3noc(-c4cccc(C(F)(F)F)c4)n3)cc2)CC1. The van der Waals surface area contributed by atoms with E-state index in [-0.39, 0.29) is 22.8 Å². The number of hydrogen-bond acceptors (Lipinski definition) is 5. The van der Waals surface area contributed by atoms with Crippen LogP contribution in [0.5, 0.6) is 0 Å². The smallest absolute Gasteiger partial charge is 0.336 e. The zero-order valence-electron chi connectivity index (χ0n) is 19.9. The third-order valence-electron chi connectivity index (χ3n) is 6.32. The molecule has 5 rings (SSSR count). The maximum absolute atomic E-state index is 14.0. The van der Waals surface area contributed by atoms with E-state index in [0.29, 0.717) is 38.3 Å². The van der Waals surface area contributed by atoms with Crippen LogP contribution in [0.1, 0.15) is 21.5 Å². The van der Waals surface area contributed by atoms with Gasteiger partial charge < -0.3 is 9.42 Å². The summed E-state index contributed by atoms with van der Waals surface area (Å²) in [5, 5.41) is 3.90. The number of carbonyl (C=O) groups excluding carboxylic acids is 1. The van der Waals surface area contributed by atoms with Crippen molar-refractivity contribution in [2.75, 3.05) is 26.2 Å². The first kappa shape index (κ1) is 25.5. The molecule has 0 unspecified atom stereocenters. The first-order chi connectivity index (χ1) is 18.2. The highest BCUT2D eigenvalue weighted by atomic mass is 19.4. The topological polar surface area (TPSA) is 62.5 Å². The van der Waals surface area contributed by atoms with Gasteiger partial charge in [-0.2, -0.15) is 18.2 Å². The van der Waals surface area contributed by atoms with Gasteiger partial charge in [-0.15, -0.1) is 0 Å². The number of alkyl halides is 3. The number of amides is 1. The van der Waals surface area contributed by atoms with E-state index in [1.807, 2.05) is 12.1 Å². The van der Waals surface area contributed by atoms with Crippen LogP contribution in [0.3, 0.4) is 0 Å². The minimum absolute atomic E-state index is 0.0132. The van der Waals surface area contributed by atoms with Gasteiger partial charge >= 0.3 is 6.18 Å². The van der Waals surface area contributed by atoms with Crippen molar-refractivity contribution in [3.8, 4) is 22.8 Å². The molecule has 1 aromatic heterocycles. The maximum atomic E-state index is 14.0. The van der Waals surface area contributed by atoms with E-state index in [9.17, 15) is 26.7 Å². The molecular formula is C27H21F5N4O2. The number of piperazine rings is 1. The van der Waals surface area contributed by atoms with E-state index in [4.69, 9.17) is 4.52 Å². The van der Waals surface area contributed by atoms with E-state index in [0.717, 1.165) is 23.8 Å². The number of halogens is 5. The fourth-order valence-electron chi connectivity index (χ4n) is 4.25. The molecule has 0 spiro atoms. The molecule has 1 fully saturated rings. The van der Waals surface area contributed by atoms with Gasteiger partial charge in [-0.05, 0) is 35.9 Å². The zero-order valence-corrected chi connectivity index (χ0v) is 19.9. The van der Waals surface area contributed by atoms with Crippen molar-refractivity contribution in [1.82, 2.24) is 19.9 Å². The molecule has 0 aliphatic carbocycles. The lowest BCUT2D eigenvalue weighted by molar-refractivity contribution is -0.137. The molecule has 1 amide bonds. The van der Waals surface area contributed by atoms with Crippen LogP contribution in [0.25, 0.3) is 22.8 Å². The Hall–Kier alpha value is -4.12. The number of hydrogen-bond donors (Lipinski definition) is 0. The van der Waals surface area contributed by atoms with Crippen molar-refractivity contribution >= 4 is 5.91 Å². The number of benzene rings is 3. The summed E-state index contributed by atoms with van der Waals surface area (Å²) in [7, 11) is 0. The van der Waals surface area contributed by atoms with Crippen molar-refractivity contribution in [3.63, 3.8) is 0 Å². The summed E-state index contributed by atoms with van der Waals surface area (Å²) in [6.07, 6.45) is -4.48. The zero-order chi connectivity index (χ0) is 26.9. The predicted octanol–water partition coefficient (Wildman–Crippen LogP) is 5.66. The van der Waals surface area contributed by atoms with Crippen molar-refractivity contribution in [2.45, 2.75) is 12.7 Å². The second kappa shape index (κ2) is 10.3. The molecule has 2 heterocycles. The van der Waals surface area contributed by atoms with Gasteiger partial charge in [-0.1, -0.05) is 41.6 Å². The average molecular weight is 528 g/mol. The summed E-state index contributed by atoms with van der Waals surface area (Å²) in [5.41, 5.74) is 0.736. The second-order valence-electron chi connectivity index (χ2n) is 8.87. The molecule has 11 heteroatoms. The molecule has 1 aliphatic rings. The van der Waals surface area contributed by atoms with Crippen molar-refractivity contribution < 1.29 is 31.3 Å². The largest absolute Gasteiger partial charge is 0.416 e.